The molecule has 19 heavy (non-hydrogen) atoms. The summed E-state index contributed by atoms with van der Waals surface area (Å²) in [4.78, 5) is 10.8. The van der Waals surface area contributed by atoms with Gasteiger partial charge in [0.05, 0.1) is 18.9 Å². The largest absolute Gasteiger partial charge is 0.494 e. The quantitative estimate of drug-likeness (QED) is 0.603. The van der Waals surface area contributed by atoms with Gasteiger partial charge in [0.1, 0.15) is 5.75 Å². The third kappa shape index (κ3) is 5.48. The maximum atomic E-state index is 10.8. The summed E-state index contributed by atoms with van der Waals surface area (Å²) in [6.07, 6.45) is 2.16. The van der Waals surface area contributed by atoms with E-state index in [-0.39, 0.29) is 12.3 Å². The van der Waals surface area contributed by atoms with Gasteiger partial charge < -0.3 is 9.84 Å². The lowest BCUT2D eigenvalue weighted by Crippen LogP contribution is -2.04. The second kappa shape index (κ2) is 8.20. The maximum absolute atomic E-state index is 10.8. The predicted octanol–water partition coefficient (Wildman–Crippen LogP) is 3.45. The van der Waals surface area contributed by atoms with Gasteiger partial charge >= 0.3 is 5.97 Å². The molecule has 0 saturated carbocycles. The van der Waals surface area contributed by atoms with Crippen LogP contribution in [0, 0.1) is 11.8 Å². The van der Waals surface area contributed by atoms with E-state index >= 15 is 0 Å². The van der Waals surface area contributed by atoms with E-state index in [4.69, 9.17) is 9.84 Å². The minimum atomic E-state index is -0.837. The molecule has 0 aliphatic heterocycles. The fraction of sp³-hybridized carbons (Fsp3) is 0.438. The normalized spacial score (nSPS) is 11.3. The van der Waals surface area contributed by atoms with Gasteiger partial charge in [-0.1, -0.05) is 31.4 Å². The molecule has 1 rings (SSSR count). The Bertz CT molecular complexity index is 451. The van der Waals surface area contributed by atoms with Crippen molar-refractivity contribution in [2.75, 3.05) is 6.61 Å². The van der Waals surface area contributed by atoms with Crippen molar-refractivity contribution in [3.05, 3.63) is 29.8 Å². The van der Waals surface area contributed by atoms with Gasteiger partial charge in [-0.15, -0.1) is 5.92 Å². The smallest absolute Gasteiger partial charge is 0.304 e. The van der Waals surface area contributed by atoms with Crippen LogP contribution >= 0.6 is 0 Å². The van der Waals surface area contributed by atoms with Crippen LogP contribution in [0.15, 0.2) is 24.3 Å². The van der Waals surface area contributed by atoms with Crippen LogP contribution in [0.25, 0.3) is 0 Å². The molecule has 0 amide bonds. The number of carbonyl (C=O) groups is 1. The first kappa shape index (κ1) is 15.1. The number of carboxylic acid groups (broad SMARTS) is 1. The summed E-state index contributed by atoms with van der Waals surface area (Å²) in [5, 5.41) is 8.88. The lowest BCUT2D eigenvalue weighted by molar-refractivity contribution is -0.137. The fourth-order valence-electron chi connectivity index (χ4n) is 1.73. The molecule has 0 spiro atoms. The second-order valence-electron chi connectivity index (χ2n) is 4.32. The van der Waals surface area contributed by atoms with Crippen molar-refractivity contribution in [1.82, 2.24) is 0 Å². The predicted molar refractivity (Wildman–Crippen MR) is 75.3 cm³/mol. The van der Waals surface area contributed by atoms with E-state index in [0.29, 0.717) is 6.61 Å². The summed E-state index contributed by atoms with van der Waals surface area (Å²) < 4.78 is 5.57. The molecule has 3 nitrogen and oxygen atoms in total. The molecule has 0 aromatic heterocycles. The molecule has 1 aromatic rings. The van der Waals surface area contributed by atoms with Crippen molar-refractivity contribution in [2.45, 2.75) is 39.0 Å². The van der Waals surface area contributed by atoms with Gasteiger partial charge in [0.2, 0.25) is 0 Å². The minimum Gasteiger partial charge on any atom is -0.494 e. The van der Waals surface area contributed by atoms with E-state index in [1.54, 1.807) is 6.92 Å². The highest BCUT2D eigenvalue weighted by Crippen LogP contribution is 2.22. The number of ether oxygens (including phenoxy) is 1. The Morgan fingerprint density at radius 2 is 2.05 bits per heavy atom. The van der Waals surface area contributed by atoms with Crippen molar-refractivity contribution in [2.24, 2.45) is 0 Å². The Labute approximate surface area is 114 Å². The first-order valence-electron chi connectivity index (χ1n) is 6.54. The van der Waals surface area contributed by atoms with E-state index in [2.05, 4.69) is 18.8 Å². The minimum absolute atomic E-state index is 0.0247. The zero-order valence-corrected chi connectivity index (χ0v) is 11.5. The van der Waals surface area contributed by atoms with Gasteiger partial charge in [0.15, 0.2) is 0 Å². The van der Waals surface area contributed by atoms with Gasteiger partial charge in [-0.3, -0.25) is 4.79 Å². The third-order valence-corrected chi connectivity index (χ3v) is 2.75. The topological polar surface area (TPSA) is 46.5 Å². The standard InChI is InChI=1S/C16H20O3/c1-3-5-11-19-15-9-7-13(8-10-15)14(6-4-2)12-16(17)18/h7-10,14H,3,5,11-12H2,1-2H3,(H,17,18). The molecule has 0 aliphatic carbocycles. The van der Waals surface area contributed by atoms with Crippen molar-refractivity contribution in [3.63, 3.8) is 0 Å². The van der Waals surface area contributed by atoms with Gasteiger partial charge in [-0.25, -0.2) is 0 Å². The van der Waals surface area contributed by atoms with E-state index in [9.17, 15) is 4.79 Å². The van der Waals surface area contributed by atoms with Crippen LogP contribution in [0.1, 0.15) is 44.6 Å². The van der Waals surface area contributed by atoms with E-state index in [1.165, 1.54) is 0 Å². The summed E-state index contributed by atoms with van der Waals surface area (Å²) in [7, 11) is 0. The zero-order chi connectivity index (χ0) is 14.1. The maximum Gasteiger partial charge on any atom is 0.304 e. The van der Waals surface area contributed by atoms with Gasteiger partial charge in [-0.2, -0.15) is 0 Å². The summed E-state index contributed by atoms with van der Waals surface area (Å²) in [6, 6.07) is 7.52. The molecule has 102 valence electrons. The van der Waals surface area contributed by atoms with Crippen LogP contribution < -0.4 is 4.74 Å². The van der Waals surface area contributed by atoms with Crippen molar-refractivity contribution in [1.29, 1.82) is 0 Å². The van der Waals surface area contributed by atoms with Gasteiger partial charge in [0.25, 0.3) is 0 Å². The molecule has 1 atom stereocenters. The first-order chi connectivity index (χ1) is 9.17. The summed E-state index contributed by atoms with van der Waals surface area (Å²) in [6.45, 7) is 4.55. The molecule has 0 saturated heterocycles. The van der Waals surface area contributed by atoms with Crippen LogP contribution in [0.3, 0.4) is 0 Å². The number of aliphatic carboxylic acids is 1. The fourth-order valence-corrected chi connectivity index (χ4v) is 1.73. The summed E-state index contributed by atoms with van der Waals surface area (Å²) in [5.41, 5.74) is 0.916. The first-order valence-corrected chi connectivity index (χ1v) is 6.54. The Morgan fingerprint density at radius 3 is 2.58 bits per heavy atom. The second-order valence-corrected chi connectivity index (χ2v) is 4.32. The molecule has 0 radical (unpaired) electrons. The molecular weight excluding hydrogens is 240 g/mol. The van der Waals surface area contributed by atoms with E-state index in [1.807, 2.05) is 24.3 Å². The number of rotatable bonds is 7. The van der Waals surface area contributed by atoms with E-state index in [0.717, 1.165) is 24.2 Å². The molecule has 0 fully saturated rings. The number of carboxylic acids is 1. The molecular formula is C16H20O3. The van der Waals surface area contributed by atoms with Crippen LogP contribution in [-0.4, -0.2) is 17.7 Å². The highest BCUT2D eigenvalue weighted by Gasteiger charge is 2.12. The molecule has 0 heterocycles. The molecule has 1 aromatic carbocycles. The average Bonchev–Trinajstić information content (AvgIpc) is 2.39. The SMILES string of the molecule is CC#CC(CC(=O)O)c1ccc(OCCCC)cc1. The Hall–Kier alpha value is -1.95. The molecule has 1 N–H and O–H groups in total. The Kier molecular flexibility index (Phi) is 6.52. The Balaban J connectivity index is 2.70. The highest BCUT2D eigenvalue weighted by molar-refractivity contribution is 5.69. The monoisotopic (exact) mass is 260 g/mol. The molecule has 3 heteroatoms. The van der Waals surface area contributed by atoms with Crippen LogP contribution in [0.2, 0.25) is 0 Å². The highest BCUT2D eigenvalue weighted by atomic mass is 16.5. The zero-order valence-electron chi connectivity index (χ0n) is 11.5. The lowest BCUT2D eigenvalue weighted by atomic mass is 9.96. The molecule has 0 aliphatic rings. The third-order valence-electron chi connectivity index (χ3n) is 2.75. The summed E-state index contributed by atoms with van der Waals surface area (Å²) >= 11 is 0. The van der Waals surface area contributed by atoms with Crippen molar-refractivity contribution < 1.29 is 14.6 Å². The molecule has 1 unspecified atom stereocenters. The Morgan fingerprint density at radius 1 is 1.37 bits per heavy atom. The number of hydrogen-bond donors (Lipinski definition) is 1. The number of benzene rings is 1. The van der Waals surface area contributed by atoms with E-state index < -0.39 is 5.97 Å². The average molecular weight is 260 g/mol. The molecule has 0 bridgehead atoms. The lowest BCUT2D eigenvalue weighted by Gasteiger charge is -2.10. The van der Waals surface area contributed by atoms with Crippen molar-refractivity contribution >= 4 is 5.97 Å². The number of unbranched alkanes of at least 4 members (excludes halogenated alkanes) is 1. The van der Waals surface area contributed by atoms with Crippen LogP contribution in [-0.2, 0) is 4.79 Å². The van der Waals surface area contributed by atoms with Gasteiger partial charge in [0, 0.05) is 0 Å². The van der Waals surface area contributed by atoms with Crippen molar-refractivity contribution in [3.8, 4) is 17.6 Å². The van der Waals surface area contributed by atoms with Gasteiger partial charge in [-0.05, 0) is 31.0 Å². The summed E-state index contributed by atoms with van der Waals surface area (Å²) in [5.74, 6) is 5.44. The van der Waals surface area contributed by atoms with Crippen LogP contribution in [0.5, 0.6) is 5.75 Å². The number of hydrogen-bond acceptors (Lipinski definition) is 2. The van der Waals surface area contributed by atoms with Crippen LogP contribution in [0.4, 0.5) is 0 Å².